The first-order valence-corrected chi connectivity index (χ1v) is 7.34. The number of hydrogen-bond donors (Lipinski definition) is 1. The van der Waals surface area contributed by atoms with Crippen molar-refractivity contribution in [2.45, 2.75) is 18.6 Å². The molecule has 0 saturated heterocycles. The van der Waals surface area contributed by atoms with Crippen molar-refractivity contribution >= 4 is 33.2 Å². The molecule has 2 rings (SSSR count). The smallest absolute Gasteiger partial charge is 0.349 e. The highest BCUT2D eigenvalue weighted by atomic mass is 32.2. The highest BCUT2D eigenvalue weighted by Gasteiger charge is 2.26. The molecule has 0 unspecified atom stereocenters. The summed E-state index contributed by atoms with van der Waals surface area (Å²) >= 11 is 0.798. The summed E-state index contributed by atoms with van der Waals surface area (Å²) in [6, 6.07) is 1.11. The lowest BCUT2D eigenvalue weighted by Gasteiger charge is -2.05. The van der Waals surface area contributed by atoms with Crippen LogP contribution < -0.4 is 4.72 Å². The molecule has 2 aromatic heterocycles. The van der Waals surface area contributed by atoms with Crippen molar-refractivity contribution in [3.05, 3.63) is 27.6 Å². The Balaban J connectivity index is 2.54. The van der Waals surface area contributed by atoms with Gasteiger partial charge >= 0.3 is 5.97 Å². The van der Waals surface area contributed by atoms with Crippen molar-refractivity contribution in [3.8, 4) is 0 Å². The van der Waals surface area contributed by atoms with Gasteiger partial charge in [-0.1, -0.05) is 5.16 Å². The molecule has 0 amide bonds. The predicted octanol–water partition coefficient (Wildman–Crippen LogP) is 1.94. The van der Waals surface area contributed by atoms with Gasteiger partial charge in [0.25, 0.3) is 10.0 Å². The number of nitrogens with zero attached hydrogens (tertiary/aromatic N) is 1. The molecular formula is C11H12N2O5S2. The van der Waals surface area contributed by atoms with Gasteiger partial charge < -0.3 is 9.26 Å². The molecule has 108 valence electrons. The van der Waals surface area contributed by atoms with Crippen LogP contribution in [0.2, 0.25) is 0 Å². The van der Waals surface area contributed by atoms with Crippen molar-refractivity contribution in [2.24, 2.45) is 0 Å². The predicted molar refractivity (Wildman–Crippen MR) is 72.4 cm³/mol. The van der Waals surface area contributed by atoms with Gasteiger partial charge in [0.2, 0.25) is 5.88 Å². The van der Waals surface area contributed by atoms with E-state index in [2.05, 4.69) is 14.4 Å². The maximum absolute atomic E-state index is 12.5. The SMILES string of the molecule is [2H]C([2H])([2H])c1noc(NS(=O)(=O)c2ccsc2C(=O)OC)c1C([2H])([2H])[2H]. The summed E-state index contributed by atoms with van der Waals surface area (Å²) in [5.74, 6) is -1.77. The lowest BCUT2D eigenvalue weighted by molar-refractivity contribution is 0.0602. The molecule has 0 saturated carbocycles. The highest BCUT2D eigenvalue weighted by molar-refractivity contribution is 7.93. The van der Waals surface area contributed by atoms with E-state index < -0.39 is 51.7 Å². The summed E-state index contributed by atoms with van der Waals surface area (Å²) in [6.45, 7) is -5.95. The molecule has 1 N–H and O–H groups in total. The van der Waals surface area contributed by atoms with Gasteiger partial charge in [-0.25, -0.2) is 17.9 Å². The molecule has 9 heteroatoms. The minimum atomic E-state index is -4.48. The van der Waals surface area contributed by atoms with Gasteiger partial charge in [0.15, 0.2) is 0 Å². The average Bonchev–Trinajstić information content (AvgIpc) is 3.11. The third kappa shape index (κ3) is 2.54. The topological polar surface area (TPSA) is 98.5 Å². The summed E-state index contributed by atoms with van der Waals surface area (Å²) in [7, 11) is -3.41. The molecule has 0 aliphatic heterocycles. The van der Waals surface area contributed by atoms with E-state index in [-0.39, 0.29) is 4.88 Å². The molecule has 0 atom stereocenters. The van der Waals surface area contributed by atoms with Crippen LogP contribution in [0.3, 0.4) is 0 Å². The van der Waals surface area contributed by atoms with E-state index >= 15 is 0 Å². The molecule has 0 aliphatic rings. The fraction of sp³-hybridized carbons (Fsp3) is 0.273. The second-order valence-electron chi connectivity index (χ2n) is 3.45. The van der Waals surface area contributed by atoms with Crippen LogP contribution in [-0.2, 0) is 14.8 Å². The Morgan fingerprint density at radius 3 is 3.00 bits per heavy atom. The van der Waals surface area contributed by atoms with Crippen LogP contribution in [0, 0.1) is 13.7 Å². The Morgan fingerprint density at radius 2 is 2.35 bits per heavy atom. The first-order valence-electron chi connectivity index (χ1n) is 7.98. The molecule has 0 spiro atoms. The van der Waals surface area contributed by atoms with Crippen LogP contribution in [0.4, 0.5) is 5.88 Å². The van der Waals surface area contributed by atoms with Gasteiger partial charge in [0.1, 0.15) is 9.77 Å². The average molecular weight is 322 g/mol. The Bertz CT molecular complexity index is 928. The number of rotatable bonds is 4. The number of esters is 1. The molecule has 2 aromatic rings. The quantitative estimate of drug-likeness (QED) is 0.864. The van der Waals surface area contributed by atoms with Crippen LogP contribution in [0.25, 0.3) is 0 Å². The van der Waals surface area contributed by atoms with Crippen molar-refractivity contribution in [2.75, 3.05) is 11.8 Å². The molecule has 2 heterocycles. The van der Waals surface area contributed by atoms with Crippen molar-refractivity contribution < 1.29 is 30.7 Å². The normalized spacial score (nSPS) is 17.1. The first-order chi connectivity index (χ1) is 11.8. The van der Waals surface area contributed by atoms with Gasteiger partial charge in [-0.15, -0.1) is 11.3 Å². The molecule has 20 heavy (non-hydrogen) atoms. The van der Waals surface area contributed by atoms with Gasteiger partial charge in [0.05, 0.1) is 12.8 Å². The fourth-order valence-electron chi connectivity index (χ4n) is 1.29. The number of ether oxygens (including phenoxy) is 1. The minimum Gasteiger partial charge on any atom is -0.465 e. The Labute approximate surface area is 128 Å². The Morgan fingerprint density at radius 1 is 1.55 bits per heavy atom. The summed E-state index contributed by atoms with van der Waals surface area (Å²) in [5, 5.41) is 4.50. The lowest BCUT2D eigenvalue weighted by atomic mass is 10.3. The summed E-state index contributed by atoms with van der Waals surface area (Å²) < 4.78 is 80.3. The van der Waals surface area contributed by atoms with Crippen LogP contribution in [0.5, 0.6) is 0 Å². The zero-order chi connectivity index (χ0) is 19.9. The van der Waals surface area contributed by atoms with E-state index in [0.717, 1.165) is 24.5 Å². The van der Waals surface area contributed by atoms with Crippen LogP contribution in [0.1, 0.15) is 29.2 Å². The van der Waals surface area contributed by atoms with Crippen molar-refractivity contribution in [1.82, 2.24) is 5.16 Å². The van der Waals surface area contributed by atoms with Gasteiger partial charge in [-0.2, -0.15) is 0 Å². The monoisotopic (exact) mass is 322 g/mol. The van der Waals surface area contributed by atoms with Gasteiger partial charge in [-0.05, 0) is 25.2 Å². The van der Waals surface area contributed by atoms with Crippen molar-refractivity contribution in [1.29, 1.82) is 0 Å². The molecule has 0 aliphatic carbocycles. The van der Waals surface area contributed by atoms with Gasteiger partial charge in [-0.3, -0.25) is 0 Å². The third-order valence-electron chi connectivity index (χ3n) is 2.21. The zero-order valence-electron chi connectivity index (χ0n) is 16.0. The summed E-state index contributed by atoms with van der Waals surface area (Å²) in [6.07, 6.45) is 0. The van der Waals surface area contributed by atoms with E-state index in [1.54, 1.807) is 0 Å². The molecule has 0 aromatic carbocycles. The van der Waals surface area contributed by atoms with E-state index in [1.165, 1.54) is 5.38 Å². The number of carbonyl (C=O) groups excluding carboxylic acids is 1. The molecule has 7 nitrogen and oxygen atoms in total. The second kappa shape index (κ2) is 5.25. The van der Waals surface area contributed by atoms with E-state index in [9.17, 15) is 13.2 Å². The largest absolute Gasteiger partial charge is 0.465 e. The number of aromatic nitrogens is 1. The summed E-state index contributed by atoms with van der Waals surface area (Å²) in [5.41, 5.74) is -1.76. The molecule has 0 fully saturated rings. The number of hydrogen-bond acceptors (Lipinski definition) is 7. The fourth-order valence-corrected chi connectivity index (χ4v) is 3.62. The standard InChI is InChI=1S/C11H12N2O5S2/c1-6-7(2)12-18-10(6)13-20(15,16)8-4-5-19-9(8)11(14)17-3/h4-5,13H,1-3H3/i1D3,2D3. The van der Waals surface area contributed by atoms with Crippen molar-refractivity contribution in [3.63, 3.8) is 0 Å². The Hall–Kier alpha value is -1.87. The maximum atomic E-state index is 12.5. The molecule has 0 radical (unpaired) electrons. The number of aryl methyl sites for hydroxylation is 1. The number of carbonyl (C=O) groups is 1. The summed E-state index contributed by atoms with van der Waals surface area (Å²) in [4.78, 5) is 10.9. The van der Waals surface area contributed by atoms with E-state index in [1.807, 2.05) is 4.72 Å². The van der Waals surface area contributed by atoms with Crippen LogP contribution in [0.15, 0.2) is 20.9 Å². The second-order valence-corrected chi connectivity index (χ2v) is 6.01. The molecule has 0 bridgehead atoms. The lowest BCUT2D eigenvalue weighted by Crippen LogP contribution is -2.15. The minimum absolute atomic E-state index is 0.244. The number of sulfonamides is 1. The van der Waals surface area contributed by atoms with Crippen LogP contribution >= 0.6 is 11.3 Å². The highest BCUT2D eigenvalue weighted by Crippen LogP contribution is 2.26. The zero-order valence-corrected chi connectivity index (χ0v) is 11.6. The third-order valence-corrected chi connectivity index (χ3v) is 4.61. The number of methoxy groups -OCH3 is 1. The van der Waals surface area contributed by atoms with E-state index in [0.29, 0.717) is 0 Å². The first kappa shape index (κ1) is 8.42. The number of thiophene rings is 1. The van der Waals surface area contributed by atoms with Crippen LogP contribution in [-0.4, -0.2) is 26.7 Å². The molecular weight excluding hydrogens is 304 g/mol. The maximum Gasteiger partial charge on any atom is 0.349 e. The van der Waals surface area contributed by atoms with Gasteiger partial charge in [0, 0.05) is 13.8 Å². The number of nitrogens with one attached hydrogen (secondary N) is 1. The van der Waals surface area contributed by atoms with E-state index in [4.69, 9.17) is 8.22 Å². The number of anilines is 1. The Kier molecular flexibility index (Phi) is 2.21.